The van der Waals surface area contributed by atoms with Crippen molar-refractivity contribution >= 4 is 35.2 Å². The lowest BCUT2D eigenvalue weighted by molar-refractivity contribution is -0.385. The number of halogens is 4. The molecule has 0 saturated carbocycles. The Kier molecular flexibility index (Phi) is 10.6. The number of esters is 3. The van der Waals surface area contributed by atoms with Gasteiger partial charge in [-0.15, -0.1) is 0 Å². The molecule has 0 fully saturated rings. The van der Waals surface area contributed by atoms with Crippen LogP contribution < -0.4 is 4.74 Å². The molecule has 200 valence electrons. The maximum atomic E-state index is 12.8. The van der Waals surface area contributed by atoms with Crippen LogP contribution in [-0.4, -0.2) is 56.4 Å². The summed E-state index contributed by atoms with van der Waals surface area (Å²) in [7, 11) is 1.40. The largest absolute Gasteiger partial charge is 0.461 e. The highest BCUT2D eigenvalue weighted by Crippen LogP contribution is 2.37. The lowest BCUT2D eigenvalue weighted by atomic mass is 10.1. The number of hydrogen-bond acceptors (Lipinski definition) is 10. The monoisotopic (exact) mass is 549 g/mol. The molecule has 0 aliphatic heterocycles. The number of benzene rings is 2. The molecule has 11 nitrogen and oxygen atoms in total. The van der Waals surface area contributed by atoms with Gasteiger partial charge in [0.25, 0.3) is 5.69 Å². The highest BCUT2D eigenvalue weighted by Gasteiger charge is 2.31. The molecule has 0 aromatic heterocycles. The van der Waals surface area contributed by atoms with Crippen molar-refractivity contribution in [3.8, 4) is 11.5 Å². The molecule has 2 aromatic carbocycles. The maximum Gasteiger partial charge on any atom is 0.416 e. The number of ether oxygens (including phenoxy) is 5. The predicted octanol–water partition coefficient (Wildman–Crippen LogP) is 3.88. The standard InChI is InChI=1S/C22H19ClF3NO10/c1-33-6-7-34-20(29)11-36-21(30)12-35-19(28)9-13-8-15(3-4-17(13)27(31)32)37-18-5-2-14(10-16(18)23)22(24,25)26/h2-5,8,10H,6-7,9,11-12H2,1H3. The minimum atomic E-state index is -4.62. The van der Waals surface area contributed by atoms with Gasteiger partial charge >= 0.3 is 24.1 Å². The molecule has 15 heteroatoms. The number of hydrogen-bond donors (Lipinski definition) is 0. The number of alkyl halides is 3. The third-order valence-corrected chi connectivity index (χ3v) is 4.62. The number of methoxy groups -OCH3 is 1. The molecule has 0 radical (unpaired) electrons. The summed E-state index contributed by atoms with van der Waals surface area (Å²) in [6.07, 6.45) is -5.29. The molecule has 0 unspecified atom stereocenters. The number of nitro groups is 1. The number of carbonyl (C=O) groups excluding carboxylic acids is 3. The van der Waals surface area contributed by atoms with Gasteiger partial charge in [-0.2, -0.15) is 13.2 Å². The van der Waals surface area contributed by atoms with E-state index in [-0.39, 0.29) is 35.3 Å². The zero-order valence-corrected chi connectivity index (χ0v) is 19.8. The first kappa shape index (κ1) is 29.3. The lowest BCUT2D eigenvalue weighted by Crippen LogP contribution is -2.22. The Morgan fingerprint density at radius 2 is 1.59 bits per heavy atom. The summed E-state index contributed by atoms with van der Waals surface area (Å²) in [5, 5.41) is 11.0. The summed E-state index contributed by atoms with van der Waals surface area (Å²) >= 11 is 5.85. The first-order valence-electron chi connectivity index (χ1n) is 10.2. The van der Waals surface area contributed by atoms with Crippen LogP contribution in [0, 0.1) is 10.1 Å². The summed E-state index contributed by atoms with van der Waals surface area (Å²) in [6.45, 7) is -1.51. The highest BCUT2D eigenvalue weighted by atomic mass is 35.5. The fourth-order valence-electron chi connectivity index (χ4n) is 2.64. The Hall–Kier alpha value is -3.91. The van der Waals surface area contributed by atoms with Crippen LogP contribution in [0.2, 0.25) is 5.02 Å². The fourth-order valence-corrected chi connectivity index (χ4v) is 2.86. The van der Waals surface area contributed by atoms with Gasteiger partial charge in [-0.05, 0) is 30.3 Å². The van der Waals surface area contributed by atoms with Crippen LogP contribution in [0.15, 0.2) is 36.4 Å². The fraction of sp³-hybridized carbons (Fsp3) is 0.318. The van der Waals surface area contributed by atoms with Crippen LogP contribution in [0.1, 0.15) is 11.1 Å². The van der Waals surface area contributed by atoms with E-state index < -0.39 is 59.9 Å². The number of carbonyl (C=O) groups is 3. The van der Waals surface area contributed by atoms with Crippen LogP contribution in [0.4, 0.5) is 18.9 Å². The van der Waals surface area contributed by atoms with E-state index in [1.165, 1.54) is 7.11 Å². The van der Waals surface area contributed by atoms with Gasteiger partial charge in [-0.3, -0.25) is 14.9 Å². The van der Waals surface area contributed by atoms with E-state index in [0.717, 1.165) is 30.3 Å². The van der Waals surface area contributed by atoms with Gasteiger partial charge in [0.2, 0.25) is 0 Å². The first-order valence-corrected chi connectivity index (χ1v) is 10.6. The van der Waals surface area contributed by atoms with Crippen molar-refractivity contribution in [2.24, 2.45) is 0 Å². The van der Waals surface area contributed by atoms with Crippen LogP contribution in [0.3, 0.4) is 0 Å². The summed E-state index contributed by atoms with van der Waals surface area (Å²) in [5.41, 5.74) is -1.66. The molecule has 0 N–H and O–H groups in total. The highest BCUT2D eigenvalue weighted by molar-refractivity contribution is 6.32. The maximum absolute atomic E-state index is 12.8. The van der Waals surface area contributed by atoms with E-state index in [9.17, 15) is 37.7 Å². The first-order chi connectivity index (χ1) is 17.4. The van der Waals surface area contributed by atoms with Crippen molar-refractivity contribution in [3.63, 3.8) is 0 Å². The van der Waals surface area contributed by atoms with Gasteiger partial charge in [0.15, 0.2) is 13.2 Å². The van der Waals surface area contributed by atoms with Crippen LogP contribution in [-0.2, 0) is 45.9 Å². The van der Waals surface area contributed by atoms with Crippen LogP contribution in [0.5, 0.6) is 11.5 Å². The average molecular weight is 550 g/mol. The topological polar surface area (TPSA) is 140 Å². The molecular formula is C22H19ClF3NO10. The zero-order valence-electron chi connectivity index (χ0n) is 19.0. The zero-order chi connectivity index (χ0) is 27.6. The molecule has 0 spiro atoms. The third-order valence-electron chi connectivity index (χ3n) is 4.32. The Bertz CT molecular complexity index is 1160. The Morgan fingerprint density at radius 3 is 2.19 bits per heavy atom. The van der Waals surface area contributed by atoms with Gasteiger partial charge in [0.05, 0.1) is 28.5 Å². The predicted molar refractivity (Wildman–Crippen MR) is 118 cm³/mol. The smallest absolute Gasteiger partial charge is 0.416 e. The molecule has 0 aliphatic carbocycles. The SMILES string of the molecule is COCCOC(=O)COC(=O)COC(=O)Cc1cc(Oc2ccc(C(F)(F)F)cc2Cl)ccc1[N+](=O)[O-]. The summed E-state index contributed by atoms with van der Waals surface area (Å²) in [6, 6.07) is 5.63. The van der Waals surface area contributed by atoms with Crippen LogP contribution in [0.25, 0.3) is 0 Å². The molecule has 0 amide bonds. The second-order valence-electron chi connectivity index (χ2n) is 7.00. The summed E-state index contributed by atoms with van der Waals surface area (Å²) < 4.78 is 62.5. The van der Waals surface area contributed by atoms with E-state index >= 15 is 0 Å². The van der Waals surface area contributed by atoms with Crippen molar-refractivity contribution in [2.45, 2.75) is 12.6 Å². The van der Waals surface area contributed by atoms with E-state index in [1.807, 2.05) is 0 Å². The van der Waals surface area contributed by atoms with Crippen molar-refractivity contribution < 1.29 is 56.2 Å². The summed E-state index contributed by atoms with van der Waals surface area (Å²) in [4.78, 5) is 45.7. The molecular weight excluding hydrogens is 531 g/mol. The minimum absolute atomic E-state index is 0.0471. The van der Waals surface area contributed by atoms with Gasteiger partial charge in [-0.1, -0.05) is 11.6 Å². The number of rotatable bonds is 12. The second kappa shape index (κ2) is 13.4. The molecule has 2 aromatic rings. The molecule has 37 heavy (non-hydrogen) atoms. The minimum Gasteiger partial charge on any atom is -0.461 e. The van der Waals surface area contributed by atoms with Crippen molar-refractivity contribution in [2.75, 3.05) is 33.5 Å². The van der Waals surface area contributed by atoms with Gasteiger partial charge in [0, 0.05) is 18.7 Å². The summed E-state index contributed by atoms with van der Waals surface area (Å²) in [5.74, 6) is -3.20. The van der Waals surface area contributed by atoms with Crippen molar-refractivity contribution in [1.82, 2.24) is 0 Å². The normalized spacial score (nSPS) is 10.9. The number of nitrogens with zero attached hydrogens (tertiary/aromatic N) is 1. The molecule has 0 saturated heterocycles. The third kappa shape index (κ3) is 9.57. The Labute approximate surface area is 212 Å². The van der Waals surface area contributed by atoms with Gasteiger partial charge < -0.3 is 23.7 Å². The average Bonchev–Trinajstić information content (AvgIpc) is 2.82. The molecule has 0 aliphatic rings. The molecule has 2 rings (SSSR count). The number of nitro benzene ring substituents is 1. The van der Waals surface area contributed by atoms with Gasteiger partial charge in [0.1, 0.15) is 18.1 Å². The second-order valence-corrected chi connectivity index (χ2v) is 7.41. The van der Waals surface area contributed by atoms with E-state index in [4.69, 9.17) is 21.1 Å². The molecule has 0 atom stereocenters. The van der Waals surface area contributed by atoms with Crippen molar-refractivity contribution in [3.05, 3.63) is 62.7 Å². The quantitative estimate of drug-likeness (QED) is 0.126. The molecule has 0 bridgehead atoms. The van der Waals surface area contributed by atoms with Crippen molar-refractivity contribution in [1.29, 1.82) is 0 Å². The van der Waals surface area contributed by atoms with Gasteiger partial charge in [-0.25, -0.2) is 9.59 Å². The van der Waals surface area contributed by atoms with E-state index in [2.05, 4.69) is 14.2 Å². The lowest BCUT2D eigenvalue weighted by Gasteiger charge is -2.12. The Morgan fingerprint density at radius 1 is 0.946 bits per heavy atom. The van der Waals surface area contributed by atoms with Crippen LogP contribution >= 0.6 is 11.6 Å². The molecule has 0 heterocycles. The Balaban J connectivity index is 2.01. The van der Waals surface area contributed by atoms with E-state index in [1.54, 1.807) is 0 Å². The van der Waals surface area contributed by atoms with E-state index in [0.29, 0.717) is 6.07 Å².